The maximum absolute atomic E-state index is 12.5. The first-order valence-electron chi connectivity index (χ1n) is 7.23. The van der Waals surface area contributed by atoms with E-state index in [2.05, 4.69) is 15.0 Å². The topological polar surface area (TPSA) is 54.0 Å². The second-order valence-corrected chi connectivity index (χ2v) is 9.82. The quantitative estimate of drug-likeness (QED) is 0.880. The van der Waals surface area contributed by atoms with E-state index in [1.165, 1.54) is 4.88 Å². The molecule has 0 amide bonds. The van der Waals surface area contributed by atoms with E-state index in [1.807, 2.05) is 26.3 Å². The van der Waals surface area contributed by atoms with E-state index in [1.54, 1.807) is 11.3 Å². The Kier molecular flexibility index (Phi) is 3.77. The first kappa shape index (κ1) is 14.6. The van der Waals surface area contributed by atoms with Crippen molar-refractivity contribution in [3.63, 3.8) is 0 Å². The van der Waals surface area contributed by atoms with Gasteiger partial charge in [0.05, 0.1) is 33.0 Å². The number of nitrogens with one attached hydrogen (secondary N) is 2. The van der Waals surface area contributed by atoms with Crippen molar-refractivity contribution in [1.82, 2.24) is 15.0 Å². The Labute approximate surface area is 127 Å². The first-order valence-corrected chi connectivity index (χ1v) is 9.26. The SMILES string of the molecule is CC(C)(C)[S@@](=O)NC1c2ncsc2CC12CCNCC2. The van der Waals surface area contributed by atoms with E-state index >= 15 is 0 Å². The molecule has 2 heterocycles. The van der Waals surface area contributed by atoms with Gasteiger partial charge in [0.25, 0.3) is 0 Å². The van der Waals surface area contributed by atoms with Crippen molar-refractivity contribution >= 4 is 22.3 Å². The Morgan fingerprint density at radius 3 is 2.80 bits per heavy atom. The lowest BCUT2D eigenvalue weighted by Crippen LogP contribution is -2.46. The van der Waals surface area contributed by atoms with Crippen molar-refractivity contribution in [2.75, 3.05) is 13.1 Å². The lowest BCUT2D eigenvalue weighted by molar-refractivity contribution is 0.163. The van der Waals surface area contributed by atoms with Crippen molar-refractivity contribution in [1.29, 1.82) is 0 Å². The molecule has 0 bridgehead atoms. The fourth-order valence-electron chi connectivity index (χ4n) is 3.21. The highest BCUT2D eigenvalue weighted by atomic mass is 32.2. The van der Waals surface area contributed by atoms with Crippen molar-refractivity contribution < 1.29 is 4.21 Å². The Hall–Kier alpha value is -0.300. The minimum Gasteiger partial charge on any atom is -0.317 e. The van der Waals surface area contributed by atoms with Crippen LogP contribution in [0.4, 0.5) is 0 Å². The van der Waals surface area contributed by atoms with Gasteiger partial charge in [0.2, 0.25) is 0 Å². The smallest absolute Gasteiger partial charge is 0.0976 e. The Morgan fingerprint density at radius 2 is 2.15 bits per heavy atom. The number of hydrogen-bond acceptors (Lipinski definition) is 4. The van der Waals surface area contributed by atoms with Crippen LogP contribution in [-0.4, -0.2) is 27.0 Å². The fourth-order valence-corrected chi connectivity index (χ4v) is 5.10. The molecule has 4 nitrogen and oxygen atoms in total. The summed E-state index contributed by atoms with van der Waals surface area (Å²) in [6, 6.07) is 0.144. The molecule has 0 aromatic carbocycles. The zero-order valence-electron chi connectivity index (χ0n) is 12.4. The molecule has 2 aliphatic rings. The monoisotopic (exact) mass is 313 g/mol. The number of piperidine rings is 1. The van der Waals surface area contributed by atoms with Crippen molar-refractivity contribution in [3.8, 4) is 0 Å². The number of thiazole rings is 1. The standard InChI is InChI=1S/C14H23N3OS2/c1-13(2,3)20(18)17-12-11-10(19-9-16-11)8-14(12)4-6-15-7-5-14/h9,12,15,17H,4-8H2,1-3H3/t12?,20-/m1/s1. The normalized spacial score (nSPS) is 26.6. The van der Waals surface area contributed by atoms with Gasteiger partial charge in [-0.15, -0.1) is 11.3 Å². The first-order chi connectivity index (χ1) is 9.42. The zero-order chi connectivity index (χ0) is 14.4. The van der Waals surface area contributed by atoms with Crippen LogP contribution in [0.2, 0.25) is 0 Å². The van der Waals surface area contributed by atoms with Gasteiger partial charge in [0.1, 0.15) is 0 Å². The summed E-state index contributed by atoms with van der Waals surface area (Å²) in [4.78, 5) is 5.95. The largest absolute Gasteiger partial charge is 0.317 e. The molecule has 20 heavy (non-hydrogen) atoms. The van der Waals surface area contributed by atoms with Gasteiger partial charge in [-0.25, -0.2) is 13.9 Å². The van der Waals surface area contributed by atoms with Gasteiger partial charge in [0, 0.05) is 4.88 Å². The maximum Gasteiger partial charge on any atom is 0.0976 e. The van der Waals surface area contributed by atoms with Crippen LogP contribution in [0, 0.1) is 5.41 Å². The molecule has 1 aromatic heterocycles. The highest BCUT2D eigenvalue weighted by Gasteiger charge is 2.49. The van der Waals surface area contributed by atoms with Gasteiger partial charge in [-0.1, -0.05) is 0 Å². The molecule has 1 saturated heterocycles. The minimum absolute atomic E-state index is 0.144. The third kappa shape index (κ3) is 2.47. The van der Waals surface area contributed by atoms with Crippen LogP contribution >= 0.6 is 11.3 Å². The second-order valence-electron chi connectivity index (χ2n) is 6.88. The molecular weight excluding hydrogens is 290 g/mol. The van der Waals surface area contributed by atoms with Gasteiger partial charge >= 0.3 is 0 Å². The number of nitrogens with zero attached hydrogens (tertiary/aromatic N) is 1. The van der Waals surface area contributed by atoms with Crippen LogP contribution < -0.4 is 10.0 Å². The summed E-state index contributed by atoms with van der Waals surface area (Å²) in [5.74, 6) is 0. The predicted octanol–water partition coefficient (Wildman–Crippen LogP) is 2.16. The third-order valence-corrected chi connectivity index (χ3v) is 6.86. The molecule has 1 spiro atoms. The van der Waals surface area contributed by atoms with E-state index in [0.29, 0.717) is 0 Å². The van der Waals surface area contributed by atoms with Gasteiger partial charge < -0.3 is 5.32 Å². The fraction of sp³-hybridized carbons (Fsp3) is 0.786. The molecule has 1 unspecified atom stereocenters. The van der Waals surface area contributed by atoms with E-state index in [9.17, 15) is 4.21 Å². The lowest BCUT2D eigenvalue weighted by Gasteiger charge is -2.40. The average Bonchev–Trinajstić information content (AvgIpc) is 2.91. The van der Waals surface area contributed by atoms with Crippen LogP contribution in [0.15, 0.2) is 5.51 Å². The highest BCUT2D eigenvalue weighted by molar-refractivity contribution is 7.84. The third-order valence-electron chi connectivity index (χ3n) is 4.45. The minimum atomic E-state index is -1.05. The molecule has 2 atom stereocenters. The molecule has 1 aliphatic heterocycles. The molecule has 6 heteroatoms. The molecule has 2 N–H and O–H groups in total. The summed E-state index contributed by atoms with van der Waals surface area (Å²) >= 11 is 1.75. The molecule has 1 aromatic rings. The van der Waals surface area contributed by atoms with Crippen molar-refractivity contribution in [2.45, 2.75) is 50.8 Å². The number of hydrogen-bond donors (Lipinski definition) is 2. The van der Waals surface area contributed by atoms with Crippen molar-refractivity contribution in [2.24, 2.45) is 5.41 Å². The molecular formula is C14H23N3OS2. The zero-order valence-corrected chi connectivity index (χ0v) is 14.0. The molecule has 112 valence electrons. The van der Waals surface area contributed by atoms with Gasteiger partial charge in [-0.3, -0.25) is 0 Å². The predicted molar refractivity (Wildman–Crippen MR) is 84.1 cm³/mol. The van der Waals surface area contributed by atoms with Crippen molar-refractivity contribution in [3.05, 3.63) is 16.1 Å². The molecule has 3 rings (SSSR count). The number of rotatable bonds is 2. The maximum atomic E-state index is 12.5. The molecule has 1 fully saturated rings. The average molecular weight is 313 g/mol. The summed E-state index contributed by atoms with van der Waals surface area (Å²) < 4.78 is 15.7. The lowest BCUT2D eigenvalue weighted by atomic mass is 9.74. The summed E-state index contributed by atoms with van der Waals surface area (Å²) in [7, 11) is -1.05. The van der Waals surface area contributed by atoms with E-state index in [-0.39, 0.29) is 16.2 Å². The number of fused-ring (bicyclic) bond motifs is 1. The molecule has 0 saturated carbocycles. The summed E-state index contributed by atoms with van der Waals surface area (Å²) in [6.45, 7) is 8.15. The van der Waals surface area contributed by atoms with Gasteiger partial charge in [-0.2, -0.15) is 0 Å². The summed E-state index contributed by atoms with van der Waals surface area (Å²) in [5.41, 5.74) is 3.28. The Bertz CT molecular complexity index is 515. The van der Waals surface area contributed by atoms with Gasteiger partial charge in [-0.05, 0) is 58.5 Å². The molecule has 0 radical (unpaired) electrons. The van der Waals surface area contributed by atoms with Crippen LogP contribution in [0.25, 0.3) is 0 Å². The Morgan fingerprint density at radius 1 is 1.45 bits per heavy atom. The summed E-state index contributed by atoms with van der Waals surface area (Å²) in [5, 5.41) is 3.44. The van der Waals surface area contributed by atoms with Crippen LogP contribution in [-0.2, 0) is 17.4 Å². The van der Waals surface area contributed by atoms with Crippen LogP contribution in [0.5, 0.6) is 0 Å². The van der Waals surface area contributed by atoms with E-state index < -0.39 is 11.0 Å². The van der Waals surface area contributed by atoms with Crippen LogP contribution in [0.3, 0.4) is 0 Å². The molecule has 1 aliphatic carbocycles. The van der Waals surface area contributed by atoms with E-state index in [4.69, 9.17) is 0 Å². The van der Waals surface area contributed by atoms with E-state index in [0.717, 1.165) is 38.0 Å². The number of aromatic nitrogens is 1. The Balaban J connectivity index is 1.89. The second kappa shape index (κ2) is 5.16. The summed E-state index contributed by atoms with van der Waals surface area (Å²) in [6.07, 6.45) is 3.36. The highest BCUT2D eigenvalue weighted by Crippen LogP contribution is 2.52. The van der Waals surface area contributed by atoms with Crippen LogP contribution in [0.1, 0.15) is 50.2 Å². The van der Waals surface area contributed by atoms with Gasteiger partial charge in [0.15, 0.2) is 0 Å².